The van der Waals surface area contributed by atoms with Crippen LogP contribution in [0, 0.1) is 6.92 Å². The highest BCUT2D eigenvalue weighted by Gasteiger charge is 2.45. The molecule has 0 unspecified atom stereocenters. The molecule has 3 saturated heterocycles. The predicted molar refractivity (Wildman–Crippen MR) is 164 cm³/mol. The number of para-hydroxylation sites is 2. The number of hydrogen-bond acceptors (Lipinski definition) is 5. The Morgan fingerprint density at radius 1 is 0.952 bits per heavy atom. The van der Waals surface area contributed by atoms with Crippen LogP contribution in [0.5, 0.6) is 0 Å². The fourth-order valence-corrected chi connectivity index (χ4v) is 8.38. The standard InChI is InChI=1S/C34H43N7O/c1-25-37-30-11-7-8-12-31(30)41(25)29-21-27-13-14-28(22-29)39(27)20-17-34(26-9-5-4-6-10-26)15-18-38(19-16-34)32(42)33(2,3)40-24-35-23-36-40/h4-12,23-24,27-29H,13-22H2,1-3H3/t27-,28+,29+. The van der Waals surface area contributed by atoms with Gasteiger partial charge in [-0.05, 0) is 95.4 Å². The summed E-state index contributed by atoms with van der Waals surface area (Å²) >= 11 is 0. The third-order valence-electron chi connectivity index (χ3n) is 10.8. The molecule has 3 atom stereocenters. The van der Waals surface area contributed by atoms with Crippen molar-refractivity contribution in [2.45, 2.75) is 94.8 Å². The van der Waals surface area contributed by atoms with Gasteiger partial charge in [0.15, 0.2) is 0 Å². The first-order valence-corrected chi connectivity index (χ1v) is 15.8. The SMILES string of the molecule is Cc1nc2ccccc2n1[C@H]1C[C@H]2CC[C@@H](C1)N2CCC1(c2ccccc2)CCN(C(=O)C(C)(C)n2cncn2)CC1. The smallest absolute Gasteiger partial charge is 0.250 e. The van der Waals surface area contributed by atoms with Crippen LogP contribution in [-0.4, -0.2) is 71.7 Å². The van der Waals surface area contributed by atoms with Crippen molar-refractivity contribution in [2.24, 2.45) is 0 Å². The number of hydrogen-bond donors (Lipinski definition) is 0. The van der Waals surface area contributed by atoms with Gasteiger partial charge in [0.05, 0.1) is 11.0 Å². The normalized spacial score (nSPS) is 24.4. The maximum atomic E-state index is 13.6. The molecule has 2 aromatic carbocycles. The van der Waals surface area contributed by atoms with Gasteiger partial charge in [0.1, 0.15) is 24.0 Å². The lowest BCUT2D eigenvalue weighted by Gasteiger charge is -2.46. The van der Waals surface area contributed by atoms with Crippen LogP contribution in [0.1, 0.15) is 76.2 Å². The fraction of sp³-hybridized carbons (Fsp3) is 0.529. The third kappa shape index (κ3) is 4.64. The minimum Gasteiger partial charge on any atom is -0.341 e. The van der Waals surface area contributed by atoms with E-state index < -0.39 is 5.54 Å². The van der Waals surface area contributed by atoms with Gasteiger partial charge in [-0.15, -0.1) is 0 Å². The minimum atomic E-state index is -0.744. The van der Waals surface area contributed by atoms with Crippen molar-refractivity contribution in [3.63, 3.8) is 0 Å². The minimum absolute atomic E-state index is 0.0862. The van der Waals surface area contributed by atoms with E-state index in [1.807, 2.05) is 13.8 Å². The second-order valence-corrected chi connectivity index (χ2v) is 13.4. The first-order chi connectivity index (χ1) is 20.4. The summed E-state index contributed by atoms with van der Waals surface area (Å²) in [5.41, 5.74) is 3.16. The molecule has 4 aromatic rings. The van der Waals surface area contributed by atoms with Crippen LogP contribution in [-0.2, 0) is 15.7 Å². The van der Waals surface area contributed by atoms with Crippen LogP contribution in [0.25, 0.3) is 11.0 Å². The lowest BCUT2D eigenvalue weighted by atomic mass is 9.70. The molecule has 2 bridgehead atoms. The van der Waals surface area contributed by atoms with Gasteiger partial charge in [0, 0.05) is 31.2 Å². The number of nitrogens with zero attached hydrogens (tertiary/aromatic N) is 7. The Bertz CT molecular complexity index is 1520. The molecule has 3 aliphatic rings. The van der Waals surface area contributed by atoms with Crippen molar-refractivity contribution < 1.29 is 4.79 Å². The maximum Gasteiger partial charge on any atom is 0.250 e. The number of amides is 1. The highest BCUT2D eigenvalue weighted by atomic mass is 16.2. The van der Waals surface area contributed by atoms with E-state index in [1.54, 1.807) is 11.0 Å². The molecule has 3 aliphatic heterocycles. The molecule has 0 radical (unpaired) electrons. The number of aryl methyl sites for hydroxylation is 1. The van der Waals surface area contributed by atoms with Gasteiger partial charge in [-0.3, -0.25) is 9.69 Å². The number of likely N-dealkylation sites (tertiary alicyclic amines) is 1. The van der Waals surface area contributed by atoms with Crippen LogP contribution < -0.4 is 0 Å². The fourth-order valence-electron chi connectivity index (χ4n) is 8.38. The molecule has 8 nitrogen and oxygen atoms in total. The summed E-state index contributed by atoms with van der Waals surface area (Å²) < 4.78 is 4.21. The number of fused-ring (bicyclic) bond motifs is 3. The van der Waals surface area contributed by atoms with E-state index in [-0.39, 0.29) is 11.3 Å². The van der Waals surface area contributed by atoms with Gasteiger partial charge in [-0.2, -0.15) is 5.10 Å². The molecule has 0 N–H and O–H groups in total. The van der Waals surface area contributed by atoms with Crippen LogP contribution in [0.2, 0.25) is 0 Å². The first kappa shape index (κ1) is 27.3. The molecule has 0 spiro atoms. The van der Waals surface area contributed by atoms with Crippen molar-refractivity contribution in [3.8, 4) is 0 Å². The monoisotopic (exact) mass is 565 g/mol. The number of carbonyl (C=O) groups excluding carboxylic acids is 1. The van der Waals surface area contributed by atoms with Crippen LogP contribution in [0.3, 0.4) is 0 Å². The van der Waals surface area contributed by atoms with Crippen molar-refractivity contribution in [1.82, 2.24) is 34.1 Å². The van der Waals surface area contributed by atoms with E-state index in [4.69, 9.17) is 4.98 Å². The Kier molecular flexibility index (Phi) is 6.92. The van der Waals surface area contributed by atoms with Gasteiger partial charge in [0.2, 0.25) is 5.91 Å². The van der Waals surface area contributed by atoms with Crippen molar-refractivity contribution in [2.75, 3.05) is 19.6 Å². The van der Waals surface area contributed by atoms with Crippen LogP contribution in [0.15, 0.2) is 67.3 Å². The van der Waals surface area contributed by atoms with Crippen molar-refractivity contribution >= 4 is 16.9 Å². The summed E-state index contributed by atoms with van der Waals surface area (Å²) in [6.45, 7) is 8.72. The molecule has 8 heteroatoms. The number of rotatable bonds is 7. The molecule has 0 aliphatic carbocycles. The van der Waals surface area contributed by atoms with Gasteiger partial charge >= 0.3 is 0 Å². The zero-order chi connectivity index (χ0) is 28.9. The summed E-state index contributed by atoms with van der Waals surface area (Å²) in [6.07, 6.45) is 11.3. The maximum absolute atomic E-state index is 13.6. The second-order valence-electron chi connectivity index (χ2n) is 13.4. The Hall–Kier alpha value is -3.52. The largest absolute Gasteiger partial charge is 0.341 e. The summed E-state index contributed by atoms with van der Waals surface area (Å²) in [5, 5.41) is 4.27. The van der Waals surface area contributed by atoms with Crippen LogP contribution >= 0.6 is 0 Å². The quantitative estimate of drug-likeness (QED) is 0.296. The molecule has 220 valence electrons. The highest BCUT2D eigenvalue weighted by Crippen LogP contribution is 2.45. The molecule has 3 fully saturated rings. The van der Waals surface area contributed by atoms with Gasteiger partial charge in [-0.25, -0.2) is 14.6 Å². The third-order valence-corrected chi connectivity index (χ3v) is 10.8. The van der Waals surface area contributed by atoms with E-state index in [1.165, 1.54) is 43.1 Å². The number of imidazole rings is 1. The van der Waals surface area contributed by atoms with Crippen molar-refractivity contribution in [1.29, 1.82) is 0 Å². The second kappa shape index (κ2) is 10.6. The molecule has 7 rings (SSSR count). The summed E-state index contributed by atoms with van der Waals surface area (Å²) in [7, 11) is 0. The summed E-state index contributed by atoms with van der Waals surface area (Å²) in [5.74, 6) is 1.27. The Labute approximate surface area is 248 Å². The molecule has 5 heterocycles. The van der Waals surface area contributed by atoms with Crippen molar-refractivity contribution in [3.05, 3.63) is 78.6 Å². The van der Waals surface area contributed by atoms with Gasteiger partial charge in [-0.1, -0.05) is 42.5 Å². The summed E-state index contributed by atoms with van der Waals surface area (Å²) in [4.78, 5) is 27.5. The molecule has 1 amide bonds. The van der Waals surface area contributed by atoms with E-state index in [0.29, 0.717) is 18.1 Å². The Morgan fingerprint density at radius 3 is 2.33 bits per heavy atom. The van der Waals surface area contributed by atoms with Crippen LogP contribution in [0.4, 0.5) is 0 Å². The van der Waals surface area contributed by atoms with E-state index >= 15 is 0 Å². The zero-order valence-electron chi connectivity index (χ0n) is 25.2. The molecule has 0 saturated carbocycles. The van der Waals surface area contributed by atoms with E-state index in [2.05, 4.69) is 86.0 Å². The molecular formula is C34H43N7O. The highest BCUT2D eigenvalue weighted by molar-refractivity contribution is 5.83. The lowest BCUT2D eigenvalue weighted by molar-refractivity contribution is -0.141. The number of piperidine rings is 2. The number of carbonyl (C=O) groups is 1. The van der Waals surface area contributed by atoms with Gasteiger partial charge in [0.25, 0.3) is 0 Å². The number of benzene rings is 2. The molecule has 42 heavy (non-hydrogen) atoms. The molecule has 2 aromatic heterocycles. The van der Waals surface area contributed by atoms with Gasteiger partial charge < -0.3 is 9.47 Å². The Morgan fingerprint density at radius 2 is 1.64 bits per heavy atom. The van der Waals surface area contributed by atoms with E-state index in [0.717, 1.165) is 50.2 Å². The number of aromatic nitrogens is 5. The predicted octanol–water partition coefficient (Wildman–Crippen LogP) is 5.49. The van der Waals surface area contributed by atoms with E-state index in [9.17, 15) is 4.79 Å². The zero-order valence-corrected chi connectivity index (χ0v) is 25.2. The topological polar surface area (TPSA) is 72.1 Å². The average molecular weight is 566 g/mol. The average Bonchev–Trinajstić information content (AvgIpc) is 3.73. The Balaban J connectivity index is 1.06. The summed E-state index contributed by atoms with van der Waals surface area (Å²) in [6, 6.07) is 21.5. The molecular weight excluding hydrogens is 522 g/mol. The first-order valence-electron chi connectivity index (χ1n) is 15.8. The lowest BCUT2D eigenvalue weighted by Crippen LogP contribution is -2.53.